The first-order valence-electron chi connectivity index (χ1n) is 7.05. The summed E-state index contributed by atoms with van der Waals surface area (Å²) in [6.45, 7) is 4.50. The first-order valence-corrected chi connectivity index (χ1v) is 7.05. The highest BCUT2D eigenvalue weighted by atomic mass is 16.6. The highest BCUT2D eigenvalue weighted by Crippen LogP contribution is 2.16. The van der Waals surface area contributed by atoms with Crippen LogP contribution >= 0.6 is 0 Å². The summed E-state index contributed by atoms with van der Waals surface area (Å²) >= 11 is 0. The number of methoxy groups -OCH3 is 1. The van der Waals surface area contributed by atoms with Crippen LogP contribution < -0.4 is 10.5 Å². The van der Waals surface area contributed by atoms with Crippen LogP contribution in [0.25, 0.3) is 0 Å². The van der Waals surface area contributed by atoms with E-state index in [2.05, 4.69) is 0 Å². The number of esters is 1. The van der Waals surface area contributed by atoms with Crippen LogP contribution in [0.1, 0.15) is 26.3 Å². The van der Waals surface area contributed by atoms with Gasteiger partial charge in [0, 0.05) is 0 Å². The Morgan fingerprint density at radius 2 is 1.74 bits per heavy atom. The third-order valence-corrected chi connectivity index (χ3v) is 2.90. The van der Waals surface area contributed by atoms with Crippen molar-refractivity contribution in [1.82, 2.24) is 0 Å². The lowest BCUT2D eigenvalue weighted by molar-refractivity contribution is -0.172. The maximum absolute atomic E-state index is 12.0. The number of aliphatic carboxylic acids is 1. The van der Waals surface area contributed by atoms with Gasteiger partial charge in [-0.25, -0.2) is 9.59 Å². The molecule has 3 N–H and O–H groups in total. The van der Waals surface area contributed by atoms with Gasteiger partial charge >= 0.3 is 11.9 Å². The maximum atomic E-state index is 12.0. The van der Waals surface area contributed by atoms with Gasteiger partial charge in [-0.3, -0.25) is 0 Å². The Morgan fingerprint density at radius 3 is 2.17 bits per heavy atom. The second kappa shape index (κ2) is 7.43. The molecule has 128 valence electrons. The Hall–Kier alpha value is -2.12. The molecule has 0 aliphatic heterocycles. The second-order valence-electron chi connectivity index (χ2n) is 6.12. The quantitative estimate of drug-likeness (QED) is 0.575. The molecule has 1 atom stereocenters. The van der Waals surface area contributed by atoms with Gasteiger partial charge < -0.3 is 25.1 Å². The molecule has 0 saturated heterocycles. The summed E-state index contributed by atoms with van der Waals surface area (Å²) < 4.78 is 15.4. The average molecular weight is 325 g/mol. The number of benzene rings is 1. The molecule has 23 heavy (non-hydrogen) atoms. The highest BCUT2D eigenvalue weighted by molar-refractivity contribution is 6.04. The van der Waals surface area contributed by atoms with Gasteiger partial charge in [-0.1, -0.05) is 12.1 Å². The first kappa shape index (κ1) is 18.9. The van der Waals surface area contributed by atoms with Crippen LogP contribution in [-0.2, 0) is 25.7 Å². The van der Waals surface area contributed by atoms with Crippen LogP contribution in [0, 0.1) is 0 Å². The Bertz CT molecular complexity index is 549. The molecule has 7 nitrogen and oxygen atoms in total. The van der Waals surface area contributed by atoms with E-state index in [0.717, 1.165) is 5.56 Å². The molecule has 7 heteroatoms. The first-order chi connectivity index (χ1) is 10.6. The summed E-state index contributed by atoms with van der Waals surface area (Å²) in [6, 6.07) is 7.04. The molecule has 1 aromatic rings. The van der Waals surface area contributed by atoms with Crippen molar-refractivity contribution >= 4 is 11.9 Å². The van der Waals surface area contributed by atoms with Gasteiger partial charge in [0.25, 0.3) is 0 Å². The predicted octanol–water partition coefficient (Wildman–Crippen LogP) is 1.34. The lowest BCUT2D eigenvalue weighted by Crippen LogP contribution is -2.60. The molecule has 0 fully saturated rings. The summed E-state index contributed by atoms with van der Waals surface area (Å²) in [7, 11) is 1.56. The van der Waals surface area contributed by atoms with Gasteiger partial charge in [-0.2, -0.15) is 0 Å². The van der Waals surface area contributed by atoms with Gasteiger partial charge in [0.15, 0.2) is 0 Å². The SMILES string of the molecule is COc1ccc(COCC(N)(C(=O)O)C(=O)OC(C)(C)C)cc1. The zero-order valence-electron chi connectivity index (χ0n) is 13.8. The average Bonchev–Trinajstić information content (AvgIpc) is 2.45. The van der Waals surface area contributed by atoms with E-state index in [1.807, 2.05) is 0 Å². The number of hydrogen-bond acceptors (Lipinski definition) is 6. The molecular formula is C16H23NO6. The largest absolute Gasteiger partial charge is 0.497 e. The minimum Gasteiger partial charge on any atom is -0.497 e. The third kappa shape index (κ3) is 5.54. The van der Waals surface area contributed by atoms with Crippen molar-refractivity contribution in [3.8, 4) is 5.75 Å². The minimum atomic E-state index is -2.25. The van der Waals surface area contributed by atoms with Gasteiger partial charge in [0.1, 0.15) is 11.4 Å². The van der Waals surface area contributed by atoms with Gasteiger partial charge in [0.05, 0.1) is 20.3 Å². The van der Waals surface area contributed by atoms with Crippen LogP contribution in [0.15, 0.2) is 24.3 Å². The van der Waals surface area contributed by atoms with Gasteiger partial charge in [0.2, 0.25) is 5.54 Å². The van der Waals surface area contributed by atoms with E-state index >= 15 is 0 Å². The summed E-state index contributed by atoms with van der Waals surface area (Å²) in [4.78, 5) is 23.4. The van der Waals surface area contributed by atoms with Gasteiger partial charge in [-0.05, 0) is 38.5 Å². The van der Waals surface area contributed by atoms with Crippen LogP contribution in [0.5, 0.6) is 5.75 Å². The molecule has 0 aliphatic carbocycles. The number of nitrogens with two attached hydrogens (primary N) is 1. The maximum Gasteiger partial charge on any atom is 0.340 e. The zero-order chi connectivity index (χ0) is 17.7. The van der Waals surface area contributed by atoms with E-state index in [4.69, 9.17) is 19.9 Å². The predicted molar refractivity (Wildman–Crippen MR) is 83.0 cm³/mol. The summed E-state index contributed by atoms with van der Waals surface area (Å²) in [5.74, 6) is -1.84. The molecule has 0 spiro atoms. The van der Waals surface area contributed by atoms with E-state index in [1.54, 1.807) is 52.1 Å². The number of carbonyl (C=O) groups excluding carboxylic acids is 1. The van der Waals surface area contributed by atoms with Gasteiger partial charge in [-0.15, -0.1) is 0 Å². The van der Waals surface area contributed by atoms with Crippen molar-refractivity contribution in [2.45, 2.75) is 38.5 Å². The molecular weight excluding hydrogens is 302 g/mol. The smallest absolute Gasteiger partial charge is 0.340 e. The fourth-order valence-corrected chi connectivity index (χ4v) is 1.63. The van der Waals surface area contributed by atoms with Crippen molar-refractivity contribution in [3.63, 3.8) is 0 Å². The molecule has 0 bridgehead atoms. The fourth-order valence-electron chi connectivity index (χ4n) is 1.63. The van der Waals surface area contributed by atoms with Crippen molar-refractivity contribution in [2.75, 3.05) is 13.7 Å². The number of rotatable bonds is 7. The molecule has 1 aromatic carbocycles. The van der Waals surface area contributed by atoms with Crippen LogP contribution in [0.4, 0.5) is 0 Å². The van der Waals surface area contributed by atoms with E-state index in [1.165, 1.54) is 0 Å². The summed E-state index contributed by atoms with van der Waals surface area (Å²) in [5.41, 5.74) is 3.39. The number of carboxylic acid groups (broad SMARTS) is 1. The molecule has 0 heterocycles. The van der Waals surface area contributed by atoms with Crippen LogP contribution in [-0.4, -0.2) is 41.9 Å². The fraction of sp³-hybridized carbons (Fsp3) is 0.500. The molecule has 1 unspecified atom stereocenters. The van der Waals surface area contributed by atoms with Crippen molar-refractivity contribution in [3.05, 3.63) is 29.8 Å². The molecule has 0 amide bonds. The lowest BCUT2D eigenvalue weighted by atomic mass is 10.0. The third-order valence-electron chi connectivity index (χ3n) is 2.90. The van der Waals surface area contributed by atoms with Crippen molar-refractivity contribution in [2.24, 2.45) is 5.73 Å². The van der Waals surface area contributed by atoms with E-state index in [9.17, 15) is 14.7 Å². The molecule has 0 aromatic heterocycles. The Morgan fingerprint density at radius 1 is 1.17 bits per heavy atom. The monoisotopic (exact) mass is 325 g/mol. The molecule has 0 aliphatic rings. The Kier molecular flexibility index (Phi) is 6.12. The standard InChI is InChI=1S/C16H23NO6/c1-15(2,3)23-14(20)16(17,13(18)19)10-22-9-11-5-7-12(21-4)8-6-11/h5-8H,9-10,17H2,1-4H3,(H,18,19). The van der Waals surface area contributed by atoms with Crippen molar-refractivity contribution in [1.29, 1.82) is 0 Å². The Labute approximate surface area is 135 Å². The highest BCUT2D eigenvalue weighted by Gasteiger charge is 2.46. The van der Waals surface area contributed by atoms with Crippen molar-refractivity contribution < 1.29 is 28.9 Å². The topological polar surface area (TPSA) is 108 Å². The summed E-state index contributed by atoms with van der Waals surface area (Å²) in [6.07, 6.45) is 0. The normalized spacial score (nSPS) is 14.0. The number of ether oxygens (including phenoxy) is 3. The second-order valence-corrected chi connectivity index (χ2v) is 6.12. The molecule has 0 saturated carbocycles. The zero-order valence-corrected chi connectivity index (χ0v) is 13.8. The number of carbonyl (C=O) groups is 2. The number of carboxylic acids is 1. The van der Waals surface area contributed by atoms with E-state index < -0.39 is 29.7 Å². The van der Waals surface area contributed by atoms with E-state index in [0.29, 0.717) is 5.75 Å². The molecule has 1 rings (SSSR count). The summed E-state index contributed by atoms with van der Waals surface area (Å²) in [5, 5.41) is 9.24. The number of hydrogen-bond donors (Lipinski definition) is 2. The van der Waals surface area contributed by atoms with Crippen LogP contribution in [0.2, 0.25) is 0 Å². The van der Waals surface area contributed by atoms with E-state index in [-0.39, 0.29) is 6.61 Å². The molecule has 0 radical (unpaired) electrons. The minimum absolute atomic E-state index is 0.110. The lowest BCUT2D eigenvalue weighted by Gasteiger charge is -2.27. The van der Waals surface area contributed by atoms with Crippen LogP contribution in [0.3, 0.4) is 0 Å². The Balaban J connectivity index is 2.68.